The van der Waals surface area contributed by atoms with Crippen molar-refractivity contribution in [2.45, 2.75) is 12.8 Å². The molecular weight excluding hydrogens is 174 g/mol. The van der Waals surface area contributed by atoms with Gasteiger partial charge in [-0.2, -0.15) is 0 Å². The lowest BCUT2D eigenvalue weighted by atomic mass is 9.96. The molecule has 14 heavy (non-hydrogen) atoms. The van der Waals surface area contributed by atoms with Crippen LogP contribution in [0.2, 0.25) is 0 Å². The van der Waals surface area contributed by atoms with E-state index >= 15 is 0 Å². The van der Waals surface area contributed by atoms with E-state index in [1.165, 1.54) is 18.5 Å². The Balaban J connectivity index is 1.79. The van der Waals surface area contributed by atoms with Gasteiger partial charge in [-0.25, -0.2) is 0 Å². The van der Waals surface area contributed by atoms with Crippen LogP contribution in [0, 0.1) is 11.3 Å². The van der Waals surface area contributed by atoms with Gasteiger partial charge >= 0.3 is 0 Å². The molecule has 1 heterocycles. The summed E-state index contributed by atoms with van der Waals surface area (Å²) in [5.41, 5.74) is 1.81. The highest BCUT2D eigenvalue weighted by Crippen LogP contribution is 2.56. The maximum atomic E-state index is 9.37. The minimum Gasteiger partial charge on any atom is -0.508 e. The molecule has 1 aromatic carbocycles. The molecule has 1 saturated heterocycles. The van der Waals surface area contributed by atoms with Crippen LogP contribution < -0.4 is 5.32 Å². The van der Waals surface area contributed by atoms with E-state index in [0.29, 0.717) is 11.2 Å². The van der Waals surface area contributed by atoms with Gasteiger partial charge in [0.2, 0.25) is 0 Å². The summed E-state index contributed by atoms with van der Waals surface area (Å²) in [6.07, 6.45) is 2.49. The normalized spacial score (nSPS) is 34.1. The van der Waals surface area contributed by atoms with Gasteiger partial charge in [0.1, 0.15) is 5.75 Å². The van der Waals surface area contributed by atoms with Crippen LogP contribution in [0.15, 0.2) is 24.3 Å². The summed E-state index contributed by atoms with van der Waals surface area (Å²) in [6.45, 7) is 2.35. The smallest absolute Gasteiger partial charge is 0.115 e. The van der Waals surface area contributed by atoms with E-state index in [-0.39, 0.29) is 0 Å². The van der Waals surface area contributed by atoms with Crippen molar-refractivity contribution in [1.82, 2.24) is 5.32 Å². The molecule has 2 N–H and O–H groups in total. The number of benzene rings is 1. The van der Waals surface area contributed by atoms with E-state index in [4.69, 9.17) is 0 Å². The Morgan fingerprint density at radius 3 is 3.07 bits per heavy atom. The van der Waals surface area contributed by atoms with Gasteiger partial charge in [0.05, 0.1) is 0 Å². The Bertz CT molecular complexity index is 363. The molecule has 1 aromatic rings. The van der Waals surface area contributed by atoms with E-state index in [2.05, 4.69) is 11.4 Å². The summed E-state index contributed by atoms with van der Waals surface area (Å²) in [5.74, 6) is 1.28. The second kappa shape index (κ2) is 2.74. The topological polar surface area (TPSA) is 32.3 Å². The molecular formula is C12H15NO. The van der Waals surface area contributed by atoms with Crippen LogP contribution in [0.5, 0.6) is 5.75 Å². The van der Waals surface area contributed by atoms with Crippen LogP contribution in [0.1, 0.15) is 12.0 Å². The third-order valence-electron chi connectivity index (χ3n) is 3.69. The minimum absolute atomic E-state index is 0.391. The molecule has 1 aliphatic heterocycles. The number of phenolic OH excluding ortho intramolecular Hbond substituents is 1. The summed E-state index contributed by atoms with van der Waals surface area (Å²) in [6, 6.07) is 7.67. The van der Waals surface area contributed by atoms with E-state index in [0.717, 1.165) is 18.9 Å². The Morgan fingerprint density at radius 1 is 1.50 bits per heavy atom. The second-order valence-electron chi connectivity index (χ2n) is 4.74. The first-order valence-electron chi connectivity index (χ1n) is 5.27. The van der Waals surface area contributed by atoms with Crippen LogP contribution >= 0.6 is 0 Å². The molecule has 2 aliphatic rings. The Hall–Kier alpha value is -1.02. The minimum atomic E-state index is 0.391. The Labute approximate surface area is 84.0 Å². The van der Waals surface area contributed by atoms with Gasteiger partial charge < -0.3 is 10.4 Å². The van der Waals surface area contributed by atoms with Crippen molar-refractivity contribution in [3.05, 3.63) is 29.8 Å². The van der Waals surface area contributed by atoms with Crippen molar-refractivity contribution in [1.29, 1.82) is 0 Å². The summed E-state index contributed by atoms with van der Waals surface area (Å²) in [7, 11) is 0. The maximum absolute atomic E-state index is 9.37. The maximum Gasteiger partial charge on any atom is 0.115 e. The third kappa shape index (κ3) is 1.22. The predicted molar refractivity (Wildman–Crippen MR) is 55.2 cm³/mol. The number of hydrogen-bond donors (Lipinski definition) is 2. The van der Waals surface area contributed by atoms with Crippen molar-refractivity contribution in [2.24, 2.45) is 11.3 Å². The lowest BCUT2D eigenvalue weighted by molar-refractivity contribution is 0.471. The number of aromatic hydroxyl groups is 1. The highest BCUT2D eigenvalue weighted by Gasteiger charge is 2.56. The Morgan fingerprint density at radius 2 is 2.43 bits per heavy atom. The van der Waals surface area contributed by atoms with Crippen molar-refractivity contribution in [3.63, 3.8) is 0 Å². The number of rotatable bonds is 2. The first-order chi connectivity index (χ1) is 6.78. The monoisotopic (exact) mass is 189 g/mol. The SMILES string of the molecule is Oc1cccc(CC23CNCC2C3)c1. The van der Waals surface area contributed by atoms with Crippen LogP contribution in [-0.2, 0) is 6.42 Å². The van der Waals surface area contributed by atoms with Gasteiger partial charge in [-0.15, -0.1) is 0 Å². The molecule has 2 fully saturated rings. The van der Waals surface area contributed by atoms with E-state index in [9.17, 15) is 5.11 Å². The quantitative estimate of drug-likeness (QED) is 0.739. The molecule has 2 unspecified atom stereocenters. The molecule has 0 aromatic heterocycles. The predicted octanol–water partition coefficient (Wildman–Crippen LogP) is 1.54. The molecule has 2 nitrogen and oxygen atoms in total. The fourth-order valence-electron chi connectivity index (χ4n) is 2.78. The Kier molecular flexibility index (Phi) is 1.62. The second-order valence-corrected chi connectivity index (χ2v) is 4.74. The lowest BCUT2D eigenvalue weighted by Gasteiger charge is -2.11. The average molecular weight is 189 g/mol. The fraction of sp³-hybridized carbons (Fsp3) is 0.500. The van der Waals surface area contributed by atoms with Crippen LogP contribution in [-0.4, -0.2) is 18.2 Å². The van der Waals surface area contributed by atoms with Crippen molar-refractivity contribution < 1.29 is 5.11 Å². The standard InChI is InChI=1S/C12H15NO/c14-11-3-1-2-9(4-11)5-12-6-10(12)7-13-8-12/h1-4,10,13-14H,5-8H2. The van der Waals surface area contributed by atoms with Crippen molar-refractivity contribution >= 4 is 0 Å². The van der Waals surface area contributed by atoms with Gasteiger partial charge in [-0.3, -0.25) is 0 Å². The van der Waals surface area contributed by atoms with Gasteiger partial charge in [0, 0.05) is 6.54 Å². The number of phenols is 1. The van der Waals surface area contributed by atoms with Gasteiger partial charge in [-0.1, -0.05) is 12.1 Å². The summed E-state index contributed by atoms with van der Waals surface area (Å²) in [5, 5.41) is 12.8. The molecule has 3 rings (SSSR count). The zero-order valence-electron chi connectivity index (χ0n) is 8.16. The lowest BCUT2D eigenvalue weighted by Crippen LogP contribution is -2.17. The van der Waals surface area contributed by atoms with Crippen LogP contribution in [0.4, 0.5) is 0 Å². The molecule has 2 heteroatoms. The molecule has 0 bridgehead atoms. The summed E-state index contributed by atoms with van der Waals surface area (Å²) in [4.78, 5) is 0. The zero-order chi connectivity index (χ0) is 9.60. The third-order valence-corrected chi connectivity index (χ3v) is 3.69. The number of fused-ring (bicyclic) bond motifs is 1. The van der Waals surface area contributed by atoms with Crippen LogP contribution in [0.3, 0.4) is 0 Å². The number of nitrogens with one attached hydrogen (secondary N) is 1. The first-order valence-corrected chi connectivity index (χ1v) is 5.27. The molecule has 0 radical (unpaired) electrons. The molecule has 0 spiro atoms. The number of hydrogen-bond acceptors (Lipinski definition) is 2. The summed E-state index contributed by atoms with van der Waals surface area (Å²) < 4.78 is 0. The van der Waals surface area contributed by atoms with Crippen molar-refractivity contribution in [2.75, 3.05) is 13.1 Å². The van der Waals surface area contributed by atoms with E-state index in [1.54, 1.807) is 6.07 Å². The highest BCUT2D eigenvalue weighted by atomic mass is 16.3. The summed E-state index contributed by atoms with van der Waals surface area (Å²) >= 11 is 0. The molecule has 1 aliphatic carbocycles. The average Bonchev–Trinajstić information content (AvgIpc) is 2.67. The van der Waals surface area contributed by atoms with Crippen molar-refractivity contribution in [3.8, 4) is 5.75 Å². The van der Waals surface area contributed by atoms with E-state index in [1.807, 2.05) is 12.1 Å². The molecule has 1 saturated carbocycles. The molecule has 2 atom stereocenters. The van der Waals surface area contributed by atoms with E-state index < -0.39 is 0 Å². The molecule has 0 amide bonds. The fourth-order valence-corrected chi connectivity index (χ4v) is 2.78. The number of piperidine rings is 1. The van der Waals surface area contributed by atoms with Gasteiger partial charge in [-0.05, 0) is 48.4 Å². The largest absolute Gasteiger partial charge is 0.508 e. The molecule has 74 valence electrons. The first kappa shape index (κ1) is 8.30. The van der Waals surface area contributed by atoms with Crippen LogP contribution in [0.25, 0.3) is 0 Å². The van der Waals surface area contributed by atoms with Gasteiger partial charge in [0.25, 0.3) is 0 Å². The highest BCUT2D eigenvalue weighted by molar-refractivity contribution is 5.30. The van der Waals surface area contributed by atoms with Gasteiger partial charge in [0.15, 0.2) is 0 Å². The zero-order valence-corrected chi connectivity index (χ0v) is 8.16.